The van der Waals surface area contributed by atoms with Gasteiger partial charge in [0.05, 0.1) is 7.11 Å². The summed E-state index contributed by atoms with van der Waals surface area (Å²) in [6, 6.07) is 5.43. The first kappa shape index (κ1) is 15.3. The fraction of sp³-hybridized carbons (Fsp3) is 0.467. The number of hydrogen-bond acceptors (Lipinski definition) is 6. The minimum atomic E-state index is -0.137. The molecule has 0 fully saturated rings. The Balaban J connectivity index is 2.14. The molecule has 6 nitrogen and oxygen atoms in total. The summed E-state index contributed by atoms with van der Waals surface area (Å²) in [7, 11) is 1.61. The number of nitrogens with zero attached hydrogens (tertiary/aromatic N) is 2. The molecule has 0 amide bonds. The van der Waals surface area contributed by atoms with Crippen molar-refractivity contribution in [2.75, 3.05) is 7.11 Å². The first-order valence-corrected chi connectivity index (χ1v) is 6.90. The maximum Gasteiger partial charge on any atom is 0.229 e. The summed E-state index contributed by atoms with van der Waals surface area (Å²) >= 11 is 0. The van der Waals surface area contributed by atoms with Crippen molar-refractivity contribution in [2.24, 2.45) is 5.73 Å². The average molecular weight is 291 g/mol. The summed E-state index contributed by atoms with van der Waals surface area (Å²) in [6.45, 7) is 6.12. The Bertz CT molecular complexity index is 594. The number of hydrogen-bond donors (Lipinski definition) is 1. The van der Waals surface area contributed by atoms with Crippen LogP contribution in [0.25, 0.3) is 0 Å². The van der Waals surface area contributed by atoms with E-state index >= 15 is 0 Å². The summed E-state index contributed by atoms with van der Waals surface area (Å²) in [5.74, 6) is 2.69. The molecule has 2 rings (SSSR count). The molecule has 1 heterocycles. The minimum Gasteiger partial charge on any atom is -0.497 e. The number of benzene rings is 1. The van der Waals surface area contributed by atoms with Crippen molar-refractivity contribution >= 4 is 0 Å². The second-order valence-corrected chi connectivity index (χ2v) is 5.18. The zero-order chi connectivity index (χ0) is 15.4. The zero-order valence-corrected chi connectivity index (χ0v) is 12.8. The summed E-state index contributed by atoms with van der Waals surface area (Å²) in [6.07, 6.45) is 0. The molecule has 114 valence electrons. The van der Waals surface area contributed by atoms with Gasteiger partial charge in [-0.25, -0.2) is 0 Å². The van der Waals surface area contributed by atoms with Crippen LogP contribution in [0, 0.1) is 0 Å². The fourth-order valence-electron chi connectivity index (χ4n) is 1.85. The molecular weight excluding hydrogens is 270 g/mol. The van der Waals surface area contributed by atoms with E-state index in [0.717, 1.165) is 5.56 Å². The largest absolute Gasteiger partial charge is 0.497 e. The Morgan fingerprint density at radius 2 is 2.05 bits per heavy atom. The van der Waals surface area contributed by atoms with Gasteiger partial charge in [-0.3, -0.25) is 0 Å². The predicted octanol–water partition coefficient (Wildman–Crippen LogP) is 2.80. The number of methoxy groups -OCH3 is 1. The second kappa shape index (κ2) is 6.58. The van der Waals surface area contributed by atoms with Crippen molar-refractivity contribution in [3.05, 3.63) is 35.5 Å². The van der Waals surface area contributed by atoms with Crippen LogP contribution in [0.3, 0.4) is 0 Å². The maximum atomic E-state index is 5.95. The van der Waals surface area contributed by atoms with Crippen molar-refractivity contribution < 1.29 is 14.0 Å². The van der Waals surface area contributed by atoms with E-state index in [-0.39, 0.29) is 18.6 Å². The molecule has 0 saturated heterocycles. The van der Waals surface area contributed by atoms with Crippen LogP contribution in [-0.2, 0) is 6.61 Å². The molecule has 21 heavy (non-hydrogen) atoms. The van der Waals surface area contributed by atoms with Crippen LogP contribution in [0.2, 0.25) is 0 Å². The Morgan fingerprint density at radius 3 is 2.62 bits per heavy atom. The maximum absolute atomic E-state index is 5.95. The first-order chi connectivity index (χ1) is 10.0. The third kappa shape index (κ3) is 3.72. The molecule has 0 bridgehead atoms. The third-order valence-corrected chi connectivity index (χ3v) is 3.05. The van der Waals surface area contributed by atoms with Gasteiger partial charge in [-0.05, 0) is 13.0 Å². The van der Waals surface area contributed by atoms with E-state index in [0.29, 0.717) is 23.2 Å². The van der Waals surface area contributed by atoms with E-state index in [1.165, 1.54) is 0 Å². The van der Waals surface area contributed by atoms with Gasteiger partial charge in [-0.1, -0.05) is 25.1 Å². The van der Waals surface area contributed by atoms with Gasteiger partial charge in [0.2, 0.25) is 11.7 Å². The topological polar surface area (TPSA) is 83.4 Å². The number of nitrogens with two attached hydrogens (primary N) is 1. The highest BCUT2D eigenvalue weighted by atomic mass is 16.5. The Morgan fingerprint density at radius 1 is 1.29 bits per heavy atom. The molecule has 0 aliphatic carbocycles. The lowest BCUT2D eigenvalue weighted by atomic mass is 10.1. The van der Waals surface area contributed by atoms with Crippen LogP contribution >= 0.6 is 0 Å². The third-order valence-electron chi connectivity index (χ3n) is 3.05. The van der Waals surface area contributed by atoms with E-state index in [9.17, 15) is 0 Å². The Labute approximate surface area is 124 Å². The van der Waals surface area contributed by atoms with Crippen LogP contribution < -0.4 is 15.2 Å². The van der Waals surface area contributed by atoms with E-state index in [1.54, 1.807) is 7.11 Å². The van der Waals surface area contributed by atoms with Gasteiger partial charge >= 0.3 is 0 Å². The summed E-state index contributed by atoms with van der Waals surface area (Å²) in [4.78, 5) is 4.28. The molecule has 6 heteroatoms. The van der Waals surface area contributed by atoms with E-state index in [1.807, 2.05) is 39.0 Å². The molecule has 0 radical (unpaired) electrons. The van der Waals surface area contributed by atoms with Crippen molar-refractivity contribution in [2.45, 2.75) is 39.3 Å². The van der Waals surface area contributed by atoms with Crippen LogP contribution in [0.4, 0.5) is 0 Å². The second-order valence-electron chi connectivity index (χ2n) is 5.18. The Kier molecular flexibility index (Phi) is 4.80. The first-order valence-electron chi connectivity index (χ1n) is 6.90. The average Bonchev–Trinajstić information content (AvgIpc) is 2.93. The Hall–Kier alpha value is -2.08. The van der Waals surface area contributed by atoms with Gasteiger partial charge in [-0.2, -0.15) is 4.98 Å². The van der Waals surface area contributed by atoms with Crippen molar-refractivity contribution in [3.8, 4) is 11.5 Å². The van der Waals surface area contributed by atoms with Crippen molar-refractivity contribution in [1.29, 1.82) is 0 Å². The molecular formula is C15H21N3O3. The number of ether oxygens (including phenoxy) is 2. The molecule has 1 aromatic heterocycles. The lowest BCUT2D eigenvalue weighted by molar-refractivity contribution is 0.279. The van der Waals surface area contributed by atoms with Gasteiger partial charge in [0.15, 0.2) is 6.61 Å². The van der Waals surface area contributed by atoms with Crippen LogP contribution in [0.15, 0.2) is 22.7 Å². The highest BCUT2D eigenvalue weighted by Gasteiger charge is 2.13. The SMILES string of the molecule is COc1ccc([C@H](C)N)c(OCc2noc(C(C)C)n2)c1. The smallest absolute Gasteiger partial charge is 0.229 e. The monoisotopic (exact) mass is 291 g/mol. The van der Waals surface area contributed by atoms with Crippen LogP contribution in [0.1, 0.15) is 50.0 Å². The summed E-state index contributed by atoms with van der Waals surface area (Å²) in [5, 5.41) is 3.90. The lowest BCUT2D eigenvalue weighted by Gasteiger charge is -2.14. The summed E-state index contributed by atoms with van der Waals surface area (Å²) < 4.78 is 16.1. The molecule has 2 aromatic rings. The zero-order valence-electron chi connectivity index (χ0n) is 12.8. The molecule has 0 unspecified atom stereocenters. The molecule has 1 atom stereocenters. The number of aromatic nitrogens is 2. The van der Waals surface area contributed by atoms with Gasteiger partial charge < -0.3 is 19.7 Å². The fourth-order valence-corrected chi connectivity index (χ4v) is 1.85. The normalized spacial score (nSPS) is 12.5. The van der Waals surface area contributed by atoms with Gasteiger partial charge in [0.25, 0.3) is 0 Å². The molecule has 0 saturated carbocycles. The highest BCUT2D eigenvalue weighted by Crippen LogP contribution is 2.29. The van der Waals surface area contributed by atoms with Crippen molar-refractivity contribution in [1.82, 2.24) is 10.1 Å². The number of rotatable bonds is 6. The van der Waals surface area contributed by atoms with Gasteiger partial charge in [-0.15, -0.1) is 0 Å². The van der Waals surface area contributed by atoms with E-state index < -0.39 is 0 Å². The van der Waals surface area contributed by atoms with Gasteiger partial charge in [0.1, 0.15) is 11.5 Å². The van der Waals surface area contributed by atoms with Gasteiger partial charge in [0, 0.05) is 23.6 Å². The molecule has 0 aliphatic rings. The van der Waals surface area contributed by atoms with Crippen LogP contribution in [0.5, 0.6) is 11.5 Å². The standard InChI is InChI=1S/C15H21N3O3/c1-9(2)15-17-14(18-21-15)8-20-13-7-11(19-4)5-6-12(13)10(3)16/h5-7,9-10H,8,16H2,1-4H3/t10-/m0/s1. The molecule has 0 spiro atoms. The molecule has 1 aromatic carbocycles. The highest BCUT2D eigenvalue weighted by molar-refractivity contribution is 5.42. The molecule has 2 N–H and O–H groups in total. The van der Waals surface area contributed by atoms with E-state index in [4.69, 9.17) is 19.7 Å². The molecule has 0 aliphatic heterocycles. The van der Waals surface area contributed by atoms with Crippen molar-refractivity contribution in [3.63, 3.8) is 0 Å². The van der Waals surface area contributed by atoms with E-state index in [2.05, 4.69) is 10.1 Å². The van der Waals surface area contributed by atoms with Crippen LogP contribution in [-0.4, -0.2) is 17.3 Å². The predicted molar refractivity (Wildman–Crippen MR) is 78.3 cm³/mol. The summed E-state index contributed by atoms with van der Waals surface area (Å²) in [5.41, 5.74) is 6.85. The lowest BCUT2D eigenvalue weighted by Crippen LogP contribution is -2.08. The quantitative estimate of drug-likeness (QED) is 0.881. The minimum absolute atomic E-state index is 0.137.